The minimum absolute atomic E-state index is 0.00220. The Morgan fingerprint density at radius 2 is 0.696 bits per heavy atom. The van der Waals surface area contributed by atoms with E-state index >= 15 is 4.39 Å². The number of rotatable bonds is 26. The third kappa shape index (κ3) is 17.3. The molecule has 0 radical (unpaired) electrons. The molecular weight excluding hydrogens is 1970 g/mol. The van der Waals surface area contributed by atoms with E-state index in [9.17, 15) is 71.7 Å². The van der Waals surface area contributed by atoms with Crippen LogP contribution in [0.3, 0.4) is 0 Å². The summed E-state index contributed by atoms with van der Waals surface area (Å²) in [4.78, 5) is 17.4. The van der Waals surface area contributed by atoms with E-state index in [0.717, 1.165) is 205 Å². The highest BCUT2D eigenvalue weighted by molar-refractivity contribution is 7.90. The monoisotopic (exact) mass is 2100 g/mol. The van der Waals surface area contributed by atoms with Crippen molar-refractivity contribution in [3.8, 4) is 45.0 Å². The number of hydrogen-bond acceptors (Lipinski definition) is 17. The quantitative estimate of drug-likeness (QED) is 0.0184. The van der Waals surface area contributed by atoms with Crippen molar-refractivity contribution < 1.29 is 76.0 Å². The second kappa shape index (κ2) is 37.4. The van der Waals surface area contributed by atoms with Crippen LogP contribution in [-0.4, -0.2) is 157 Å². The molecule has 0 saturated heterocycles. The summed E-state index contributed by atoms with van der Waals surface area (Å²) in [5.74, 6) is 2.21. The van der Waals surface area contributed by atoms with E-state index in [0.29, 0.717) is 82.9 Å². The van der Waals surface area contributed by atoms with E-state index in [2.05, 4.69) is 34.1 Å². The highest BCUT2D eigenvalue weighted by Crippen LogP contribution is 2.69. The third-order valence-electron chi connectivity index (χ3n) is 39.7. The van der Waals surface area contributed by atoms with Crippen LogP contribution in [-0.2, 0) is 51.6 Å². The van der Waals surface area contributed by atoms with Gasteiger partial charge in [-0.25, -0.2) is 94.0 Å². The molecule has 8 heterocycles. The molecule has 0 spiro atoms. The lowest BCUT2D eigenvalue weighted by Crippen LogP contribution is -2.62. The molecule has 17 aliphatic carbocycles. The molecule has 7 aromatic carbocycles. The Morgan fingerprint density at radius 3 is 1.05 bits per heavy atom. The average molecular weight is 2100 g/mol. The topological polar surface area (TPSA) is 354 Å². The molecule has 32 rings (SSSR count). The number of sulfonamides is 4. The first kappa shape index (κ1) is 99.0. The SMILES string of the molecule is CN(C1C2CC3CC1CC(C(O)CC1c4c(F)cccc4-c4cncn41)(C3)C2)S(=O)(=O)Cc1ccccc1.Nc1ccc(S(=O)(=O)NC2C3CC4CC2CC(C(O)CC2c5c(F)cccc5-c5cncn52)(C4)C3)cc1.O=S(=O)(Cc1ccc(F)cc1)NC1C2CC3CC1CC(C(O)CC1c4c(F)cccc4-c4cncn41)(C3)C2.O=S(=O)(NC1C2CC3CC1CC(C(O)CC1c4c(F)cccc4-c4cncn41)(C3)C2)C1CCCC1. The fourth-order valence-corrected chi connectivity index (χ4v) is 40.7. The number of aliphatic hydroxyl groups excluding tert-OH is 4. The van der Waals surface area contributed by atoms with Crippen LogP contribution in [0.5, 0.6) is 0 Å². The van der Waals surface area contributed by atoms with Crippen LogP contribution in [0.25, 0.3) is 45.0 Å². The Bertz CT molecular complexity index is 7350. The predicted octanol–water partition coefficient (Wildman–Crippen LogP) is 18.3. The Morgan fingerprint density at radius 1 is 0.378 bits per heavy atom. The lowest BCUT2D eigenvalue weighted by Gasteiger charge is -2.62. The van der Waals surface area contributed by atoms with Crippen molar-refractivity contribution >= 4 is 45.8 Å². The number of nitrogens with one attached hydrogen (secondary N) is 3. The molecule has 9 N–H and O–H groups in total. The maximum atomic E-state index is 15.0. The van der Waals surface area contributed by atoms with Gasteiger partial charge in [0, 0.05) is 81.4 Å². The first-order valence-electron chi connectivity index (χ1n) is 53.6. The number of nitrogen functional groups attached to an aromatic ring is 1. The van der Waals surface area contributed by atoms with Crippen molar-refractivity contribution in [3.63, 3.8) is 0 Å². The lowest BCUT2D eigenvalue weighted by molar-refractivity contribution is -0.146. The van der Waals surface area contributed by atoms with Crippen LogP contribution in [0.15, 0.2) is 207 Å². The second-order valence-corrected chi connectivity index (χ2v) is 55.5. The molecule has 16 atom stereocenters. The van der Waals surface area contributed by atoms with Crippen LogP contribution >= 0.6 is 0 Å². The Balaban J connectivity index is 0.000000103. The number of imidazole rings is 4. The summed E-state index contributed by atoms with van der Waals surface area (Å²) in [5.41, 5.74) is 16.2. The number of fused-ring (bicyclic) bond motifs is 12. The smallest absolute Gasteiger partial charge is 0.240 e. The maximum absolute atomic E-state index is 15.0. The van der Waals surface area contributed by atoms with Gasteiger partial charge in [-0.05, 0) is 331 Å². The number of aromatic nitrogens is 8. The molecule has 4 aliphatic heterocycles. The third-order valence-corrected chi connectivity index (χ3v) is 46.2. The van der Waals surface area contributed by atoms with Crippen molar-refractivity contribution in [2.75, 3.05) is 12.8 Å². The van der Waals surface area contributed by atoms with Gasteiger partial charge in [-0.2, -0.15) is 0 Å². The molecule has 0 amide bonds. The van der Waals surface area contributed by atoms with Gasteiger partial charge in [0.2, 0.25) is 40.1 Å². The van der Waals surface area contributed by atoms with Gasteiger partial charge in [-0.3, -0.25) is 0 Å². The van der Waals surface area contributed by atoms with Crippen molar-refractivity contribution in [2.24, 2.45) is 92.7 Å². The van der Waals surface area contributed by atoms with E-state index in [1.807, 2.05) is 72.9 Å². The molecule has 17 saturated carbocycles. The highest BCUT2D eigenvalue weighted by Gasteiger charge is 2.65. The van der Waals surface area contributed by atoms with Crippen molar-refractivity contribution in [1.29, 1.82) is 0 Å². The summed E-state index contributed by atoms with van der Waals surface area (Å²) in [6.07, 6.45) is 35.2. The molecule has 21 aliphatic rings. The molecule has 16 unspecified atom stereocenters. The first-order valence-corrected chi connectivity index (χ1v) is 59.9. The average Bonchev–Trinajstić information content (AvgIpc) is 1.07. The van der Waals surface area contributed by atoms with E-state index < -0.39 is 70.3 Å². The zero-order valence-electron chi connectivity index (χ0n) is 82.9. The molecule has 11 aromatic rings. The van der Waals surface area contributed by atoms with Gasteiger partial charge in [0.1, 0.15) is 29.1 Å². The summed E-state index contributed by atoms with van der Waals surface area (Å²) in [6, 6.07) is 40.3. The van der Waals surface area contributed by atoms with E-state index in [1.165, 1.54) is 48.5 Å². The fourth-order valence-electron chi connectivity index (χ4n) is 34.4. The van der Waals surface area contributed by atoms with Gasteiger partial charge in [-0.15, -0.1) is 0 Å². The van der Waals surface area contributed by atoms with E-state index in [4.69, 9.17) is 5.73 Å². The van der Waals surface area contributed by atoms with Crippen molar-refractivity contribution in [1.82, 2.24) is 56.7 Å². The molecule has 34 heteroatoms. The number of benzene rings is 7. The van der Waals surface area contributed by atoms with E-state index in [-0.39, 0.29) is 162 Å². The van der Waals surface area contributed by atoms with E-state index in [1.54, 1.807) is 110 Å². The minimum Gasteiger partial charge on any atom is -0.399 e. The van der Waals surface area contributed by atoms with Gasteiger partial charge < -0.3 is 44.4 Å². The summed E-state index contributed by atoms with van der Waals surface area (Å²) < 4.78 is 198. The summed E-state index contributed by atoms with van der Waals surface area (Å²) in [6.45, 7) is 0. The number of hydrogen-bond donors (Lipinski definition) is 8. The number of halogens is 5. The number of nitrogens with zero attached hydrogens (tertiary/aromatic N) is 9. The molecule has 148 heavy (non-hydrogen) atoms. The lowest BCUT2D eigenvalue weighted by atomic mass is 9.46. The Hall–Kier alpha value is -9.69. The summed E-state index contributed by atoms with van der Waals surface area (Å²) in [5, 5.41) is 46.9. The van der Waals surface area contributed by atoms with Crippen molar-refractivity contribution in [2.45, 2.75) is 274 Å². The van der Waals surface area contributed by atoms with Gasteiger partial charge in [-0.1, -0.05) is 104 Å². The Labute approximate surface area is 861 Å². The molecule has 25 nitrogen and oxygen atoms in total. The number of aliphatic hydroxyl groups is 4. The zero-order chi connectivity index (χ0) is 102. The molecule has 782 valence electrons. The maximum Gasteiger partial charge on any atom is 0.240 e. The molecular formula is C114H130F5N13O12S4. The zero-order valence-corrected chi connectivity index (χ0v) is 86.1. The van der Waals surface area contributed by atoms with Crippen molar-refractivity contribution in [3.05, 3.63) is 264 Å². The molecule has 17 fully saturated rings. The van der Waals surface area contributed by atoms with Crippen LogP contribution in [0.2, 0.25) is 0 Å². The van der Waals surface area contributed by atoms with Gasteiger partial charge >= 0.3 is 0 Å². The van der Waals surface area contributed by atoms with Crippen LogP contribution in [0.4, 0.5) is 27.6 Å². The van der Waals surface area contributed by atoms with Crippen LogP contribution < -0.4 is 19.9 Å². The number of anilines is 1. The van der Waals surface area contributed by atoms with Gasteiger partial charge in [0.05, 0.1) is 143 Å². The summed E-state index contributed by atoms with van der Waals surface area (Å²) >= 11 is 0. The normalized spacial score (nSPS) is 33.1. The highest BCUT2D eigenvalue weighted by atomic mass is 32.2. The standard InChI is InChI=1S/C30H34FN3O3S.C29H31F2N3O3S.C28H31FN4O3S.C27H34FN3O3S/c1-33(38(36,37)17-19-6-3-2-4-7-19)29-21-10-20-11-22(29)15-30(13-20,14-21)27(35)12-25-28-23(8-5-9-24(28)31)26-16-32-18-34(25)26;30-21-6-4-17(5-7-21)15-38(36,37)33-28-19-8-18-9-20(28)13-29(11-18,12-19)26(35)10-24-27-22(2-1-3-23(27)31)25-14-32-16-34(24)25;29-22-3-1-2-21-24-14-31-15-33(24)23(26(21)22)10-25(34)28-11-16-8-17(12-28)27(18(9-16)13-28)32-37(35,36)20-6-4-19(30)5-7-20;28-21-7-3-6-20-23-14-29-15-31(23)22(25(20)21)10-24(32)27-11-16-8-17(12-27)26(18(9-16)13-27)30-35(33,34)19-4-1-2-5-19/h2-9,16,18,20-22,25,27,29,35H,10-15,17H2,1H3;1-7,14,16,18-20,24,26,28,33,35H,8-13,15H2;1-7,14-18,23,25,27,32,34H,8-13,30H2;3,6-7,14-19,22,24,26,30,32H,1-2,4-5,8-13H2. The van der Waals surface area contributed by atoms with Gasteiger partial charge in [0.25, 0.3) is 0 Å². The van der Waals surface area contributed by atoms with Crippen LogP contribution in [0, 0.1) is 122 Å². The van der Waals surface area contributed by atoms with Crippen LogP contribution in [0.1, 0.15) is 237 Å². The summed E-state index contributed by atoms with van der Waals surface area (Å²) in [7, 11) is -12.3. The largest absolute Gasteiger partial charge is 0.399 e. The minimum atomic E-state index is -3.67. The number of nitrogens with two attached hydrogens (primary N) is 1. The first-order chi connectivity index (χ1) is 71.1. The van der Waals surface area contributed by atoms with Gasteiger partial charge in [0.15, 0.2) is 0 Å². The fraction of sp³-hybridized carbons (Fsp3) is 0.526. The second-order valence-electron chi connectivity index (χ2n) is 48.0. The molecule has 16 bridgehead atoms. The Kier molecular flexibility index (Phi) is 25.0. The molecule has 4 aromatic heterocycles. The predicted molar refractivity (Wildman–Crippen MR) is 549 cm³/mol.